The van der Waals surface area contributed by atoms with Gasteiger partial charge in [-0.25, -0.2) is 8.42 Å². The van der Waals surface area contributed by atoms with Gasteiger partial charge in [-0.3, -0.25) is 4.98 Å². The van der Waals surface area contributed by atoms with Crippen LogP contribution in [0.4, 0.5) is 18.9 Å². The van der Waals surface area contributed by atoms with Crippen LogP contribution in [-0.2, 0) is 9.84 Å². The molecule has 0 aliphatic carbocycles. The third kappa shape index (κ3) is 3.83. The van der Waals surface area contributed by atoms with E-state index in [0.717, 1.165) is 36.5 Å². The molecule has 1 heterocycles. The Hall–Kier alpha value is -2.49. The fraction of sp³-hybridized carbons (Fsp3) is 0.154. The van der Waals surface area contributed by atoms with Crippen LogP contribution in [0.15, 0.2) is 51.5 Å². The lowest BCUT2D eigenvalue weighted by Gasteiger charge is -2.10. The molecule has 0 N–H and O–H groups in total. The number of nitroso groups, excluding NO2 is 1. The lowest BCUT2D eigenvalue weighted by Crippen LogP contribution is -2.17. The molecular weight excluding hydrogens is 337 g/mol. The number of aryl methyl sites for hydroxylation is 1. The minimum atomic E-state index is -4.87. The van der Waals surface area contributed by atoms with Crippen LogP contribution in [-0.4, -0.2) is 19.8 Å². The van der Waals surface area contributed by atoms with Crippen LogP contribution in [0.25, 0.3) is 0 Å². The lowest BCUT2D eigenvalue weighted by molar-refractivity contribution is -0.274. The van der Waals surface area contributed by atoms with Gasteiger partial charge in [-0.15, -0.1) is 18.1 Å². The second-order valence-corrected chi connectivity index (χ2v) is 6.34. The zero-order valence-corrected chi connectivity index (χ0v) is 12.4. The largest absolute Gasteiger partial charge is 0.573 e. The SMILES string of the molecule is Cc1ncc(S(=O)(=O)c2ccc(OC(F)(F)F)cc2)cc1N=O. The van der Waals surface area contributed by atoms with Gasteiger partial charge in [-0.05, 0) is 42.4 Å². The maximum Gasteiger partial charge on any atom is 0.573 e. The lowest BCUT2D eigenvalue weighted by atomic mass is 10.3. The number of hydrogen-bond acceptors (Lipinski definition) is 6. The van der Waals surface area contributed by atoms with Crippen molar-refractivity contribution in [2.75, 3.05) is 0 Å². The van der Waals surface area contributed by atoms with Crippen LogP contribution in [0.2, 0.25) is 0 Å². The van der Waals surface area contributed by atoms with Gasteiger partial charge in [0.2, 0.25) is 9.84 Å². The molecule has 0 atom stereocenters. The van der Waals surface area contributed by atoms with Crippen molar-refractivity contribution in [2.24, 2.45) is 5.18 Å². The molecule has 0 spiro atoms. The molecule has 1 aromatic heterocycles. The number of nitrogens with zero attached hydrogens (tertiary/aromatic N) is 2. The summed E-state index contributed by atoms with van der Waals surface area (Å²) in [4.78, 5) is 13.8. The quantitative estimate of drug-likeness (QED) is 0.791. The molecule has 0 saturated carbocycles. The number of ether oxygens (including phenoxy) is 1. The van der Waals surface area contributed by atoms with Gasteiger partial charge in [0, 0.05) is 6.20 Å². The summed E-state index contributed by atoms with van der Waals surface area (Å²) in [5.74, 6) is -0.547. The maximum absolute atomic E-state index is 12.4. The molecule has 10 heteroatoms. The number of benzene rings is 1. The van der Waals surface area contributed by atoms with Crippen LogP contribution in [0.5, 0.6) is 5.75 Å². The van der Waals surface area contributed by atoms with E-state index in [-0.39, 0.29) is 21.2 Å². The van der Waals surface area contributed by atoms with Gasteiger partial charge in [0.15, 0.2) is 0 Å². The number of rotatable bonds is 4. The van der Waals surface area contributed by atoms with Crippen LogP contribution in [0, 0.1) is 11.8 Å². The number of aromatic nitrogens is 1. The molecule has 1 aromatic carbocycles. The van der Waals surface area contributed by atoms with E-state index >= 15 is 0 Å². The number of halogens is 3. The number of alkyl halides is 3. The fourth-order valence-electron chi connectivity index (χ4n) is 1.70. The maximum atomic E-state index is 12.4. The minimum absolute atomic E-state index is 0.136. The molecule has 0 amide bonds. The first-order chi connectivity index (χ1) is 10.6. The first-order valence-corrected chi connectivity index (χ1v) is 7.53. The van der Waals surface area contributed by atoms with Gasteiger partial charge in [-0.2, -0.15) is 0 Å². The molecule has 2 rings (SSSR count). The topological polar surface area (TPSA) is 85.7 Å². The van der Waals surface area contributed by atoms with E-state index in [4.69, 9.17) is 0 Å². The summed E-state index contributed by atoms with van der Waals surface area (Å²) in [6, 6.07) is 4.72. The zero-order chi connectivity index (χ0) is 17.3. The fourth-order valence-corrected chi connectivity index (χ4v) is 2.92. The molecule has 0 saturated heterocycles. The van der Waals surface area contributed by atoms with Crippen molar-refractivity contribution in [1.29, 1.82) is 0 Å². The Morgan fingerprint density at radius 2 is 1.74 bits per heavy atom. The number of sulfone groups is 1. The van der Waals surface area contributed by atoms with Gasteiger partial charge < -0.3 is 4.74 Å². The van der Waals surface area contributed by atoms with Gasteiger partial charge >= 0.3 is 6.36 Å². The van der Waals surface area contributed by atoms with Crippen LogP contribution in [0.3, 0.4) is 0 Å². The summed E-state index contributed by atoms with van der Waals surface area (Å²) in [7, 11) is -4.05. The predicted octanol–water partition coefficient (Wildman–Crippen LogP) is 3.52. The van der Waals surface area contributed by atoms with Crippen molar-refractivity contribution < 1.29 is 26.3 Å². The highest BCUT2D eigenvalue weighted by atomic mass is 32.2. The molecule has 0 fully saturated rings. The van der Waals surface area contributed by atoms with Gasteiger partial charge in [0.1, 0.15) is 11.4 Å². The van der Waals surface area contributed by atoms with Crippen molar-refractivity contribution in [1.82, 2.24) is 4.98 Å². The van der Waals surface area contributed by atoms with E-state index in [1.807, 2.05) is 0 Å². The Morgan fingerprint density at radius 1 is 1.13 bits per heavy atom. The van der Waals surface area contributed by atoms with E-state index in [2.05, 4.69) is 14.9 Å². The molecule has 6 nitrogen and oxygen atoms in total. The third-order valence-corrected chi connectivity index (χ3v) is 4.55. The van der Waals surface area contributed by atoms with Gasteiger partial charge in [0.05, 0.1) is 15.5 Å². The molecule has 0 bridgehead atoms. The first kappa shape index (κ1) is 16.9. The Morgan fingerprint density at radius 3 is 2.26 bits per heavy atom. The summed E-state index contributed by atoms with van der Waals surface area (Å²) >= 11 is 0. The predicted molar refractivity (Wildman–Crippen MR) is 73.0 cm³/mol. The Kier molecular flexibility index (Phi) is 4.37. The Bertz CT molecular complexity index is 833. The summed E-state index contributed by atoms with van der Waals surface area (Å²) < 4.78 is 64.6. The van der Waals surface area contributed by atoms with E-state index in [0.29, 0.717) is 0 Å². The van der Waals surface area contributed by atoms with Crippen molar-refractivity contribution in [3.63, 3.8) is 0 Å². The average Bonchev–Trinajstić information content (AvgIpc) is 2.46. The highest BCUT2D eigenvalue weighted by Gasteiger charge is 2.31. The van der Waals surface area contributed by atoms with Crippen LogP contribution in [0.1, 0.15) is 5.69 Å². The van der Waals surface area contributed by atoms with Crippen molar-refractivity contribution in [3.8, 4) is 5.75 Å². The van der Waals surface area contributed by atoms with Crippen molar-refractivity contribution in [3.05, 3.63) is 47.1 Å². The van der Waals surface area contributed by atoms with E-state index in [1.165, 1.54) is 6.92 Å². The van der Waals surface area contributed by atoms with Gasteiger partial charge in [-0.1, -0.05) is 0 Å². The Balaban J connectivity index is 2.38. The molecule has 0 unspecified atom stereocenters. The molecule has 0 aliphatic rings. The molecule has 2 aromatic rings. The molecule has 0 aliphatic heterocycles. The van der Waals surface area contributed by atoms with E-state index in [9.17, 15) is 26.5 Å². The van der Waals surface area contributed by atoms with Crippen LogP contribution < -0.4 is 4.74 Å². The molecule has 23 heavy (non-hydrogen) atoms. The first-order valence-electron chi connectivity index (χ1n) is 6.04. The minimum Gasteiger partial charge on any atom is -0.406 e. The summed E-state index contributed by atoms with van der Waals surface area (Å²) in [6.07, 6.45) is -3.83. The van der Waals surface area contributed by atoms with E-state index < -0.39 is 21.9 Å². The van der Waals surface area contributed by atoms with Crippen LogP contribution >= 0.6 is 0 Å². The van der Waals surface area contributed by atoms with E-state index in [1.54, 1.807) is 0 Å². The normalized spacial score (nSPS) is 12.0. The summed E-state index contributed by atoms with van der Waals surface area (Å²) in [5.41, 5.74) is 0.121. The highest BCUT2D eigenvalue weighted by Crippen LogP contribution is 2.28. The molecular formula is C13H9F3N2O4S. The number of hydrogen-bond donors (Lipinski definition) is 0. The average molecular weight is 346 g/mol. The highest BCUT2D eigenvalue weighted by molar-refractivity contribution is 7.91. The Labute approximate surface area is 128 Å². The summed E-state index contributed by atoms with van der Waals surface area (Å²) in [5, 5.41) is 2.67. The van der Waals surface area contributed by atoms with Crippen molar-refractivity contribution in [2.45, 2.75) is 23.1 Å². The number of pyridine rings is 1. The monoisotopic (exact) mass is 346 g/mol. The standard InChI is InChI=1S/C13H9F3N2O4S/c1-8-12(18-19)6-11(7-17-8)23(20,21)10-4-2-9(3-5-10)22-13(14,15)16/h2-7H,1H3. The molecule has 122 valence electrons. The second-order valence-electron chi connectivity index (χ2n) is 4.39. The van der Waals surface area contributed by atoms with Gasteiger partial charge in [0.25, 0.3) is 0 Å². The third-order valence-electron chi connectivity index (χ3n) is 2.81. The molecule has 0 radical (unpaired) electrons. The van der Waals surface area contributed by atoms with Crippen molar-refractivity contribution >= 4 is 15.5 Å². The smallest absolute Gasteiger partial charge is 0.406 e. The second kappa shape index (κ2) is 5.95. The summed E-state index contributed by atoms with van der Waals surface area (Å²) in [6.45, 7) is 1.48. The zero-order valence-electron chi connectivity index (χ0n) is 11.5.